The molecule has 3 N–H and O–H groups in total. The zero-order valence-corrected chi connectivity index (χ0v) is 26.7. The first-order valence-electron chi connectivity index (χ1n) is 14.7. The number of urea groups is 1. The lowest BCUT2D eigenvalue weighted by Gasteiger charge is -2.28. The summed E-state index contributed by atoms with van der Waals surface area (Å²) in [6.45, 7) is 3.47. The van der Waals surface area contributed by atoms with Gasteiger partial charge in [0.15, 0.2) is 18.1 Å². The summed E-state index contributed by atoms with van der Waals surface area (Å²) in [5.41, 5.74) is 5.36. The van der Waals surface area contributed by atoms with Crippen LogP contribution in [0.5, 0.6) is 17.2 Å². The van der Waals surface area contributed by atoms with Crippen LogP contribution in [0.15, 0.2) is 95.2 Å². The molecule has 1 atom stereocenters. The van der Waals surface area contributed by atoms with E-state index in [0.717, 1.165) is 16.3 Å². The molecule has 0 aromatic heterocycles. The largest absolute Gasteiger partial charge is 0.493 e. The number of fused-ring (bicyclic) bond motifs is 1. The minimum absolute atomic E-state index is 0.180. The number of rotatable bonds is 12. The molecule has 242 valence electrons. The van der Waals surface area contributed by atoms with E-state index in [0.29, 0.717) is 40.0 Å². The second kappa shape index (κ2) is 15.2. The zero-order valence-electron chi connectivity index (χ0n) is 26.0. The molecular formula is C35H33ClN4O7. The molecule has 12 heteroatoms. The van der Waals surface area contributed by atoms with E-state index in [-0.39, 0.29) is 24.5 Å². The number of methoxy groups -OCH3 is 1. The summed E-state index contributed by atoms with van der Waals surface area (Å²) in [5.74, 6) is 0.109. The highest BCUT2D eigenvalue weighted by molar-refractivity contribution is 6.30. The maximum absolute atomic E-state index is 12.7. The van der Waals surface area contributed by atoms with Crippen molar-refractivity contribution in [3.8, 4) is 17.2 Å². The van der Waals surface area contributed by atoms with Crippen molar-refractivity contribution in [2.75, 3.05) is 20.3 Å². The summed E-state index contributed by atoms with van der Waals surface area (Å²) in [6, 6.07) is 22.7. The second-order valence-electron chi connectivity index (χ2n) is 10.4. The van der Waals surface area contributed by atoms with Crippen LogP contribution in [-0.4, -0.2) is 44.4 Å². The topological polar surface area (TPSA) is 137 Å². The Labute approximate surface area is 276 Å². The third-order valence-corrected chi connectivity index (χ3v) is 7.52. The Bertz CT molecular complexity index is 1860. The smallest absolute Gasteiger partial charge is 0.338 e. The molecule has 0 unspecified atom stereocenters. The van der Waals surface area contributed by atoms with Crippen LogP contribution in [0.3, 0.4) is 0 Å². The minimum atomic E-state index is -0.780. The number of ether oxygens (including phenoxy) is 4. The summed E-state index contributed by atoms with van der Waals surface area (Å²) in [5, 5.41) is 12.1. The highest BCUT2D eigenvalue weighted by Gasteiger charge is 2.32. The fourth-order valence-electron chi connectivity index (χ4n) is 5.03. The summed E-state index contributed by atoms with van der Waals surface area (Å²) >= 11 is 6.00. The van der Waals surface area contributed by atoms with Crippen molar-refractivity contribution < 1.29 is 33.3 Å². The van der Waals surface area contributed by atoms with Crippen molar-refractivity contribution in [3.63, 3.8) is 0 Å². The molecule has 0 fully saturated rings. The van der Waals surface area contributed by atoms with Gasteiger partial charge >= 0.3 is 12.0 Å². The molecule has 0 saturated carbocycles. The van der Waals surface area contributed by atoms with Gasteiger partial charge in [-0.05, 0) is 66.1 Å². The molecule has 4 aromatic carbocycles. The Morgan fingerprint density at radius 1 is 0.979 bits per heavy atom. The van der Waals surface area contributed by atoms with Crippen molar-refractivity contribution in [2.24, 2.45) is 5.10 Å². The highest BCUT2D eigenvalue weighted by atomic mass is 35.5. The average molecular weight is 657 g/mol. The fourth-order valence-corrected chi connectivity index (χ4v) is 5.15. The molecule has 1 heterocycles. The molecule has 1 aliphatic rings. The number of halogens is 1. The van der Waals surface area contributed by atoms with Crippen molar-refractivity contribution in [1.29, 1.82) is 0 Å². The van der Waals surface area contributed by atoms with Gasteiger partial charge in [0.25, 0.3) is 5.91 Å². The highest BCUT2D eigenvalue weighted by Crippen LogP contribution is 2.35. The predicted molar refractivity (Wildman–Crippen MR) is 178 cm³/mol. The van der Waals surface area contributed by atoms with Crippen LogP contribution in [0.2, 0.25) is 5.02 Å². The lowest BCUT2D eigenvalue weighted by Crippen LogP contribution is -2.45. The quantitative estimate of drug-likeness (QED) is 0.0996. The molecule has 0 aliphatic carbocycles. The third kappa shape index (κ3) is 8.00. The van der Waals surface area contributed by atoms with E-state index in [9.17, 15) is 14.4 Å². The zero-order chi connectivity index (χ0) is 33.3. The molecule has 4 aromatic rings. The van der Waals surface area contributed by atoms with Crippen LogP contribution < -0.4 is 30.3 Å². The minimum Gasteiger partial charge on any atom is -0.493 e. The number of allylic oxidation sites excluding steroid dienone is 1. The van der Waals surface area contributed by atoms with E-state index in [1.807, 2.05) is 48.5 Å². The first-order chi connectivity index (χ1) is 22.8. The van der Waals surface area contributed by atoms with Crippen LogP contribution in [0.1, 0.15) is 36.6 Å². The standard InChI is InChI=1S/C35H33ClN4O7/c1-4-45-34(42)32-21(2)38-35(43)39-33(32)24-12-16-29(30(17-24)44-3)47-20-31(41)40-37-18-27-26-8-6-5-7-23(26)11-15-28(27)46-19-22-9-13-25(36)14-10-22/h5-18,33H,4,19-20H2,1-3H3,(H,40,41)(H2,38,39,43)/b37-18+/t33-/m1/s1. The molecule has 3 amide bonds. The number of carbonyl (C=O) groups is 3. The van der Waals surface area contributed by atoms with Gasteiger partial charge in [0.05, 0.1) is 31.5 Å². The maximum Gasteiger partial charge on any atom is 0.338 e. The Kier molecular flexibility index (Phi) is 10.6. The van der Waals surface area contributed by atoms with E-state index >= 15 is 0 Å². The number of nitrogens with zero attached hydrogens (tertiary/aromatic N) is 1. The van der Waals surface area contributed by atoms with Gasteiger partial charge in [0, 0.05) is 16.3 Å². The van der Waals surface area contributed by atoms with Gasteiger partial charge in [-0.1, -0.05) is 60.1 Å². The van der Waals surface area contributed by atoms with E-state index in [2.05, 4.69) is 21.2 Å². The first kappa shape index (κ1) is 32.8. The Morgan fingerprint density at radius 2 is 1.74 bits per heavy atom. The summed E-state index contributed by atoms with van der Waals surface area (Å²) in [7, 11) is 1.45. The van der Waals surface area contributed by atoms with Crippen LogP contribution in [-0.2, 0) is 20.9 Å². The van der Waals surface area contributed by atoms with Gasteiger partial charge < -0.3 is 29.6 Å². The lowest BCUT2D eigenvalue weighted by atomic mass is 9.95. The van der Waals surface area contributed by atoms with Gasteiger partial charge in [-0.15, -0.1) is 0 Å². The van der Waals surface area contributed by atoms with Crippen molar-refractivity contribution in [2.45, 2.75) is 26.5 Å². The molecule has 0 radical (unpaired) electrons. The first-order valence-corrected chi connectivity index (χ1v) is 15.1. The number of amides is 3. The lowest BCUT2D eigenvalue weighted by molar-refractivity contribution is -0.139. The molecule has 0 saturated heterocycles. The van der Waals surface area contributed by atoms with Gasteiger partial charge in [-0.2, -0.15) is 5.10 Å². The molecule has 5 rings (SSSR count). The molecule has 47 heavy (non-hydrogen) atoms. The molecule has 11 nitrogen and oxygen atoms in total. The summed E-state index contributed by atoms with van der Waals surface area (Å²) in [6.07, 6.45) is 1.54. The maximum atomic E-state index is 12.7. The van der Waals surface area contributed by atoms with E-state index < -0.39 is 23.9 Å². The van der Waals surface area contributed by atoms with Crippen LogP contribution in [0.25, 0.3) is 10.8 Å². The van der Waals surface area contributed by atoms with Crippen molar-refractivity contribution in [3.05, 3.63) is 112 Å². The van der Waals surface area contributed by atoms with E-state index in [4.69, 9.17) is 30.5 Å². The number of hydrazone groups is 1. The fraction of sp³-hybridized carbons (Fsp3) is 0.200. The van der Waals surface area contributed by atoms with Gasteiger partial charge in [-0.3, -0.25) is 4.79 Å². The third-order valence-electron chi connectivity index (χ3n) is 7.27. The Morgan fingerprint density at radius 3 is 2.51 bits per heavy atom. The number of carbonyl (C=O) groups excluding carboxylic acids is 3. The average Bonchev–Trinajstić information content (AvgIpc) is 3.07. The number of nitrogens with one attached hydrogen (secondary N) is 3. The van der Waals surface area contributed by atoms with E-state index in [1.54, 1.807) is 44.2 Å². The Hall–Kier alpha value is -5.55. The Balaban J connectivity index is 1.26. The van der Waals surface area contributed by atoms with Gasteiger partial charge in [0.2, 0.25) is 0 Å². The molecule has 0 spiro atoms. The predicted octanol–water partition coefficient (Wildman–Crippen LogP) is 5.80. The van der Waals surface area contributed by atoms with Crippen LogP contribution in [0, 0.1) is 0 Å². The molecule has 0 bridgehead atoms. The van der Waals surface area contributed by atoms with Gasteiger partial charge in [0.1, 0.15) is 12.4 Å². The number of hydrogen-bond acceptors (Lipinski definition) is 8. The van der Waals surface area contributed by atoms with Crippen LogP contribution in [0.4, 0.5) is 4.79 Å². The van der Waals surface area contributed by atoms with Crippen molar-refractivity contribution >= 4 is 46.5 Å². The molecular weight excluding hydrogens is 624 g/mol. The number of benzene rings is 4. The van der Waals surface area contributed by atoms with Crippen LogP contribution >= 0.6 is 11.6 Å². The van der Waals surface area contributed by atoms with Crippen molar-refractivity contribution in [1.82, 2.24) is 16.1 Å². The monoisotopic (exact) mass is 656 g/mol. The van der Waals surface area contributed by atoms with Gasteiger partial charge in [-0.25, -0.2) is 15.0 Å². The summed E-state index contributed by atoms with van der Waals surface area (Å²) < 4.78 is 22.5. The number of esters is 1. The summed E-state index contributed by atoms with van der Waals surface area (Å²) in [4.78, 5) is 37.6. The number of hydrogen-bond donors (Lipinski definition) is 3. The normalized spacial score (nSPS) is 14.4. The SMILES string of the molecule is CCOC(=O)C1=C(C)NC(=O)N[C@@H]1c1ccc(OCC(=O)N/N=C/c2c(OCc3ccc(Cl)cc3)ccc3ccccc23)c(OC)c1. The second-order valence-corrected chi connectivity index (χ2v) is 10.8. The molecule has 1 aliphatic heterocycles. The van der Waals surface area contributed by atoms with E-state index in [1.165, 1.54) is 13.3 Å².